The van der Waals surface area contributed by atoms with E-state index < -0.39 is 0 Å². The lowest BCUT2D eigenvalue weighted by atomic mass is 10.2. The van der Waals surface area contributed by atoms with E-state index in [0.717, 1.165) is 37.6 Å². The van der Waals surface area contributed by atoms with Gasteiger partial charge in [0.05, 0.1) is 0 Å². The van der Waals surface area contributed by atoms with Crippen LogP contribution >= 0.6 is 23.2 Å². The van der Waals surface area contributed by atoms with E-state index in [1.165, 1.54) is 12.0 Å². The van der Waals surface area contributed by atoms with Crippen LogP contribution in [0.3, 0.4) is 0 Å². The quantitative estimate of drug-likeness (QED) is 0.789. The zero-order valence-electron chi connectivity index (χ0n) is 8.60. The van der Waals surface area contributed by atoms with E-state index in [1.54, 1.807) is 0 Å². The van der Waals surface area contributed by atoms with Gasteiger partial charge in [-0.1, -0.05) is 30.1 Å². The molecule has 1 aliphatic heterocycles. The number of nitrogens with zero attached hydrogens (tertiary/aromatic N) is 1. The van der Waals surface area contributed by atoms with Crippen LogP contribution in [0, 0.1) is 0 Å². The second kappa shape index (κ2) is 6.67. The summed E-state index contributed by atoms with van der Waals surface area (Å²) in [5, 5.41) is 4.09. The highest BCUT2D eigenvalue weighted by Gasteiger charge is 2.21. The van der Waals surface area contributed by atoms with Crippen LogP contribution in [0.4, 0.5) is 0 Å². The van der Waals surface area contributed by atoms with Crippen molar-refractivity contribution in [2.45, 2.75) is 25.8 Å². The fourth-order valence-electron chi connectivity index (χ4n) is 1.86. The standard InChI is InChI=1S/C10H18Cl2N2/c1-2-5-14(8-9(12)6-11)10-3-4-13-7-10/h6,10,13H,2-5,7-8H2,1H3. The van der Waals surface area contributed by atoms with Gasteiger partial charge in [0.25, 0.3) is 0 Å². The Balaban J connectivity index is 2.44. The summed E-state index contributed by atoms with van der Waals surface area (Å²) >= 11 is 11.5. The number of hydrogen-bond donors (Lipinski definition) is 1. The molecular formula is C10H18Cl2N2. The molecule has 4 heteroatoms. The lowest BCUT2D eigenvalue weighted by Crippen LogP contribution is -2.38. The third-order valence-electron chi connectivity index (χ3n) is 2.53. The van der Waals surface area contributed by atoms with Crippen LogP contribution < -0.4 is 5.32 Å². The summed E-state index contributed by atoms with van der Waals surface area (Å²) in [4.78, 5) is 2.40. The molecule has 0 aromatic carbocycles. The minimum absolute atomic E-state index is 0.625. The van der Waals surface area contributed by atoms with Gasteiger partial charge in [-0.15, -0.1) is 0 Å². The molecule has 0 spiro atoms. The molecule has 0 aliphatic carbocycles. The van der Waals surface area contributed by atoms with Gasteiger partial charge in [-0.05, 0) is 25.9 Å². The molecule has 0 saturated carbocycles. The van der Waals surface area contributed by atoms with Crippen molar-refractivity contribution in [2.24, 2.45) is 0 Å². The minimum atomic E-state index is 0.625. The van der Waals surface area contributed by atoms with Crippen molar-refractivity contribution in [3.8, 4) is 0 Å². The van der Waals surface area contributed by atoms with Gasteiger partial charge >= 0.3 is 0 Å². The summed E-state index contributed by atoms with van der Waals surface area (Å²) in [5.74, 6) is 0. The van der Waals surface area contributed by atoms with Gasteiger partial charge in [0, 0.05) is 29.7 Å². The van der Waals surface area contributed by atoms with Crippen LogP contribution in [0.15, 0.2) is 10.6 Å². The summed E-state index contributed by atoms with van der Waals surface area (Å²) in [6, 6.07) is 0.625. The average molecular weight is 237 g/mol. The Morgan fingerprint density at radius 1 is 1.64 bits per heavy atom. The van der Waals surface area contributed by atoms with Crippen LogP contribution in [0.25, 0.3) is 0 Å². The van der Waals surface area contributed by atoms with Crippen molar-refractivity contribution in [1.29, 1.82) is 0 Å². The molecule has 1 unspecified atom stereocenters. The fraction of sp³-hybridized carbons (Fsp3) is 0.800. The van der Waals surface area contributed by atoms with Crippen molar-refractivity contribution in [3.05, 3.63) is 10.6 Å². The molecule has 0 bridgehead atoms. The molecule has 1 heterocycles. The van der Waals surface area contributed by atoms with E-state index in [0.29, 0.717) is 6.04 Å². The van der Waals surface area contributed by atoms with Gasteiger partial charge in [0.2, 0.25) is 0 Å². The van der Waals surface area contributed by atoms with Crippen LogP contribution in [0.2, 0.25) is 0 Å². The van der Waals surface area contributed by atoms with Gasteiger partial charge in [0.15, 0.2) is 0 Å². The molecule has 1 fully saturated rings. The SMILES string of the molecule is CCCN(CC(Cl)=CCl)C1CCNC1. The first kappa shape index (κ1) is 12.3. The molecule has 0 aromatic rings. The monoisotopic (exact) mass is 236 g/mol. The zero-order chi connectivity index (χ0) is 10.4. The molecule has 0 aromatic heterocycles. The Hall–Kier alpha value is 0.240. The zero-order valence-corrected chi connectivity index (χ0v) is 10.1. The Labute approximate surface area is 96.2 Å². The van der Waals surface area contributed by atoms with Crippen LogP contribution in [-0.4, -0.2) is 37.1 Å². The minimum Gasteiger partial charge on any atom is -0.315 e. The number of hydrogen-bond acceptors (Lipinski definition) is 2. The molecule has 2 nitrogen and oxygen atoms in total. The average Bonchev–Trinajstić information content (AvgIpc) is 2.69. The molecule has 1 rings (SSSR count). The lowest BCUT2D eigenvalue weighted by molar-refractivity contribution is 0.229. The maximum absolute atomic E-state index is 5.94. The van der Waals surface area contributed by atoms with E-state index in [4.69, 9.17) is 23.2 Å². The molecule has 0 radical (unpaired) electrons. The largest absolute Gasteiger partial charge is 0.315 e. The predicted octanol–water partition coefficient (Wildman–Crippen LogP) is 2.38. The molecule has 14 heavy (non-hydrogen) atoms. The van der Waals surface area contributed by atoms with Crippen molar-refractivity contribution >= 4 is 23.2 Å². The Morgan fingerprint density at radius 2 is 2.43 bits per heavy atom. The number of halogens is 2. The summed E-state index contributed by atoms with van der Waals surface area (Å²) in [6.07, 6.45) is 2.37. The lowest BCUT2D eigenvalue weighted by Gasteiger charge is -2.27. The van der Waals surface area contributed by atoms with Gasteiger partial charge in [-0.3, -0.25) is 4.90 Å². The van der Waals surface area contributed by atoms with Gasteiger partial charge < -0.3 is 5.32 Å². The predicted molar refractivity (Wildman–Crippen MR) is 62.9 cm³/mol. The van der Waals surface area contributed by atoms with Gasteiger partial charge in [0.1, 0.15) is 0 Å². The maximum atomic E-state index is 5.94. The molecule has 0 amide bonds. The van der Waals surface area contributed by atoms with E-state index in [1.807, 2.05) is 0 Å². The fourth-order valence-corrected chi connectivity index (χ4v) is 2.08. The molecule has 1 N–H and O–H groups in total. The van der Waals surface area contributed by atoms with E-state index in [9.17, 15) is 0 Å². The smallest absolute Gasteiger partial charge is 0.0434 e. The van der Waals surface area contributed by atoms with Crippen molar-refractivity contribution in [2.75, 3.05) is 26.2 Å². The number of nitrogens with one attached hydrogen (secondary N) is 1. The summed E-state index contributed by atoms with van der Waals surface area (Å²) in [5.41, 5.74) is 1.46. The van der Waals surface area contributed by atoms with E-state index >= 15 is 0 Å². The van der Waals surface area contributed by atoms with Crippen molar-refractivity contribution < 1.29 is 0 Å². The van der Waals surface area contributed by atoms with E-state index in [-0.39, 0.29) is 0 Å². The Bertz CT molecular complexity index is 189. The third-order valence-corrected chi connectivity index (χ3v) is 3.14. The van der Waals surface area contributed by atoms with Gasteiger partial charge in [-0.25, -0.2) is 0 Å². The highest BCUT2D eigenvalue weighted by Crippen LogP contribution is 2.14. The Kier molecular flexibility index (Phi) is 5.87. The third kappa shape index (κ3) is 3.77. The van der Waals surface area contributed by atoms with E-state index in [2.05, 4.69) is 17.1 Å². The summed E-state index contributed by atoms with van der Waals surface area (Å²) in [6.45, 7) is 6.26. The first-order valence-electron chi connectivity index (χ1n) is 5.17. The second-order valence-corrected chi connectivity index (χ2v) is 4.38. The molecule has 1 aliphatic rings. The second-order valence-electron chi connectivity index (χ2n) is 3.67. The topological polar surface area (TPSA) is 15.3 Å². The Morgan fingerprint density at radius 3 is 2.93 bits per heavy atom. The maximum Gasteiger partial charge on any atom is 0.0434 e. The molecule has 1 atom stereocenters. The summed E-state index contributed by atoms with van der Waals surface area (Å²) < 4.78 is 0. The highest BCUT2D eigenvalue weighted by molar-refractivity contribution is 6.36. The first-order valence-corrected chi connectivity index (χ1v) is 5.99. The van der Waals surface area contributed by atoms with Gasteiger partial charge in [-0.2, -0.15) is 0 Å². The highest BCUT2D eigenvalue weighted by atomic mass is 35.5. The summed E-state index contributed by atoms with van der Waals surface area (Å²) in [7, 11) is 0. The van der Waals surface area contributed by atoms with Crippen LogP contribution in [-0.2, 0) is 0 Å². The van der Waals surface area contributed by atoms with Crippen molar-refractivity contribution in [3.63, 3.8) is 0 Å². The molecular weight excluding hydrogens is 219 g/mol. The van der Waals surface area contributed by atoms with Crippen LogP contribution in [0.1, 0.15) is 19.8 Å². The van der Waals surface area contributed by atoms with Crippen molar-refractivity contribution in [1.82, 2.24) is 10.2 Å². The molecule has 82 valence electrons. The molecule has 1 saturated heterocycles. The van der Waals surface area contributed by atoms with Crippen LogP contribution in [0.5, 0.6) is 0 Å². The number of rotatable bonds is 5. The first-order chi connectivity index (χ1) is 6.77. The normalized spacial score (nSPS) is 23.4.